The van der Waals surface area contributed by atoms with Crippen LogP contribution in [0.5, 0.6) is 0 Å². The second kappa shape index (κ2) is 6.54. The zero-order valence-electron chi connectivity index (χ0n) is 13.7. The molecule has 0 aliphatic heterocycles. The molecule has 1 heterocycles. The maximum Gasteiger partial charge on any atom is 0.254 e. The maximum absolute atomic E-state index is 12.5. The van der Waals surface area contributed by atoms with E-state index in [9.17, 15) is 4.79 Å². The van der Waals surface area contributed by atoms with E-state index in [1.54, 1.807) is 4.90 Å². The smallest absolute Gasteiger partial charge is 0.254 e. The van der Waals surface area contributed by atoms with Gasteiger partial charge in [-0.2, -0.15) is 5.10 Å². The minimum absolute atomic E-state index is 0.0122. The van der Waals surface area contributed by atoms with Crippen LogP contribution in [0.25, 0.3) is 0 Å². The number of aromatic nitrogens is 2. The van der Waals surface area contributed by atoms with Gasteiger partial charge in [-0.3, -0.25) is 9.48 Å². The summed E-state index contributed by atoms with van der Waals surface area (Å²) in [6.07, 6.45) is 2.09. The van der Waals surface area contributed by atoms with Crippen LogP contribution in [0.4, 0.5) is 0 Å². The first kappa shape index (κ1) is 15.7. The third kappa shape index (κ3) is 3.62. The van der Waals surface area contributed by atoms with E-state index in [1.807, 2.05) is 42.8 Å². The summed E-state index contributed by atoms with van der Waals surface area (Å²) in [7, 11) is 0. The number of hydrogen-bond acceptors (Lipinski definition) is 3. The van der Waals surface area contributed by atoms with E-state index >= 15 is 0 Å². The van der Waals surface area contributed by atoms with Crippen LogP contribution in [-0.2, 0) is 6.54 Å². The van der Waals surface area contributed by atoms with Crippen molar-refractivity contribution >= 4 is 5.91 Å². The lowest BCUT2D eigenvalue weighted by atomic mass is 10.1. The predicted octanol–water partition coefficient (Wildman–Crippen LogP) is 2.15. The highest BCUT2D eigenvalue weighted by molar-refractivity contribution is 5.94. The highest BCUT2D eigenvalue weighted by Gasteiger charge is 2.32. The number of aliphatic hydroxyl groups excluding tert-OH is 1. The monoisotopic (exact) mass is 313 g/mol. The topological polar surface area (TPSA) is 58.4 Å². The van der Waals surface area contributed by atoms with Gasteiger partial charge in [-0.15, -0.1) is 0 Å². The molecule has 0 unspecified atom stereocenters. The Balaban J connectivity index is 1.71. The van der Waals surface area contributed by atoms with E-state index < -0.39 is 0 Å². The Morgan fingerprint density at radius 1 is 1.30 bits per heavy atom. The molecule has 5 nitrogen and oxygen atoms in total. The molecule has 0 saturated heterocycles. The van der Waals surface area contributed by atoms with Gasteiger partial charge in [-0.1, -0.05) is 12.1 Å². The normalized spacial score (nSPS) is 14.0. The second-order valence-electron chi connectivity index (χ2n) is 6.24. The van der Waals surface area contributed by atoms with Crippen LogP contribution >= 0.6 is 0 Å². The fourth-order valence-corrected chi connectivity index (χ4v) is 2.87. The molecule has 0 radical (unpaired) electrons. The minimum Gasteiger partial charge on any atom is -0.395 e. The van der Waals surface area contributed by atoms with E-state index in [2.05, 4.69) is 11.2 Å². The van der Waals surface area contributed by atoms with Gasteiger partial charge in [0.15, 0.2) is 0 Å². The first-order chi connectivity index (χ1) is 11.1. The highest BCUT2D eigenvalue weighted by atomic mass is 16.3. The van der Waals surface area contributed by atoms with Crippen LogP contribution < -0.4 is 0 Å². The molecule has 1 N–H and O–H groups in total. The summed E-state index contributed by atoms with van der Waals surface area (Å²) in [5, 5.41) is 13.6. The first-order valence-electron chi connectivity index (χ1n) is 8.10. The fraction of sp³-hybridized carbons (Fsp3) is 0.444. The largest absolute Gasteiger partial charge is 0.395 e. The van der Waals surface area contributed by atoms with Crippen LogP contribution in [0.1, 0.15) is 40.2 Å². The predicted molar refractivity (Wildman–Crippen MR) is 88.4 cm³/mol. The Labute approximate surface area is 136 Å². The highest BCUT2D eigenvalue weighted by Crippen LogP contribution is 2.28. The quantitative estimate of drug-likeness (QED) is 0.889. The van der Waals surface area contributed by atoms with Gasteiger partial charge in [-0.25, -0.2) is 0 Å². The van der Waals surface area contributed by atoms with Crippen molar-refractivity contribution < 1.29 is 9.90 Å². The van der Waals surface area contributed by atoms with Crippen molar-refractivity contribution in [2.45, 2.75) is 39.3 Å². The number of rotatable bonds is 6. The third-order valence-corrected chi connectivity index (χ3v) is 4.23. The molecular weight excluding hydrogens is 290 g/mol. The molecule has 5 heteroatoms. The van der Waals surface area contributed by atoms with Crippen molar-refractivity contribution in [3.8, 4) is 0 Å². The summed E-state index contributed by atoms with van der Waals surface area (Å²) in [4.78, 5) is 14.3. The molecule has 1 aliphatic carbocycles. The second-order valence-corrected chi connectivity index (χ2v) is 6.24. The van der Waals surface area contributed by atoms with Crippen LogP contribution in [-0.4, -0.2) is 44.9 Å². The Morgan fingerprint density at radius 2 is 2.00 bits per heavy atom. The van der Waals surface area contributed by atoms with Gasteiger partial charge in [0, 0.05) is 23.8 Å². The summed E-state index contributed by atoms with van der Waals surface area (Å²) < 4.78 is 1.97. The molecular formula is C18H23N3O2. The lowest BCUT2D eigenvalue weighted by Crippen LogP contribution is -2.35. The molecule has 1 aliphatic rings. The van der Waals surface area contributed by atoms with Crippen LogP contribution in [0.15, 0.2) is 30.3 Å². The molecule has 1 fully saturated rings. The van der Waals surface area contributed by atoms with Crippen LogP contribution in [0, 0.1) is 13.8 Å². The maximum atomic E-state index is 12.5. The number of benzene rings is 1. The van der Waals surface area contributed by atoms with Gasteiger partial charge in [0.05, 0.1) is 18.8 Å². The van der Waals surface area contributed by atoms with Crippen molar-refractivity contribution in [3.63, 3.8) is 0 Å². The van der Waals surface area contributed by atoms with E-state index in [4.69, 9.17) is 5.11 Å². The van der Waals surface area contributed by atoms with Crippen molar-refractivity contribution in [3.05, 3.63) is 52.8 Å². The summed E-state index contributed by atoms with van der Waals surface area (Å²) in [6, 6.07) is 10.1. The summed E-state index contributed by atoms with van der Waals surface area (Å²) >= 11 is 0. The van der Waals surface area contributed by atoms with Gasteiger partial charge in [-0.05, 0) is 50.5 Å². The average Bonchev–Trinajstić information content (AvgIpc) is 3.31. The fourth-order valence-electron chi connectivity index (χ4n) is 2.87. The molecule has 0 spiro atoms. The number of aryl methyl sites for hydroxylation is 2. The molecule has 3 rings (SSSR count). The number of carbonyl (C=O) groups excluding carboxylic acids is 1. The Hall–Kier alpha value is -2.14. The number of nitrogens with zero attached hydrogens (tertiary/aromatic N) is 3. The number of aliphatic hydroxyl groups is 1. The zero-order chi connectivity index (χ0) is 16.4. The van der Waals surface area contributed by atoms with Gasteiger partial charge in [0.25, 0.3) is 5.91 Å². The third-order valence-electron chi connectivity index (χ3n) is 4.23. The van der Waals surface area contributed by atoms with Crippen LogP contribution in [0.3, 0.4) is 0 Å². The summed E-state index contributed by atoms with van der Waals surface area (Å²) in [5.74, 6) is 0.0132. The molecule has 1 aromatic heterocycles. The minimum atomic E-state index is 0.0122. The average molecular weight is 313 g/mol. The summed E-state index contributed by atoms with van der Waals surface area (Å²) in [6.45, 7) is 5.16. The summed E-state index contributed by atoms with van der Waals surface area (Å²) in [5.41, 5.74) is 3.94. The Bertz CT molecular complexity index is 687. The van der Waals surface area contributed by atoms with Crippen molar-refractivity contribution in [2.24, 2.45) is 0 Å². The lowest BCUT2D eigenvalue weighted by molar-refractivity contribution is 0.0707. The molecule has 0 atom stereocenters. The number of amides is 1. The SMILES string of the molecule is Cc1cc(C)n(Cc2ccc(C(=O)N(CCO)C3CC3)cc2)n1. The molecule has 2 aromatic rings. The van der Waals surface area contributed by atoms with Gasteiger partial charge in [0.2, 0.25) is 0 Å². The van der Waals surface area contributed by atoms with Crippen molar-refractivity contribution in [1.82, 2.24) is 14.7 Å². The lowest BCUT2D eigenvalue weighted by Gasteiger charge is -2.21. The molecule has 1 saturated carbocycles. The van der Waals surface area contributed by atoms with E-state index in [0.717, 1.165) is 29.8 Å². The first-order valence-corrected chi connectivity index (χ1v) is 8.10. The number of carbonyl (C=O) groups is 1. The standard InChI is InChI=1S/C18H23N3O2/c1-13-11-14(2)21(19-13)12-15-3-5-16(6-4-15)18(23)20(9-10-22)17-7-8-17/h3-6,11,17,22H,7-10,12H2,1-2H3. The van der Waals surface area contributed by atoms with Crippen LogP contribution in [0.2, 0.25) is 0 Å². The molecule has 1 amide bonds. The van der Waals surface area contributed by atoms with Gasteiger partial charge in [0.1, 0.15) is 0 Å². The van der Waals surface area contributed by atoms with E-state index in [1.165, 1.54) is 0 Å². The van der Waals surface area contributed by atoms with E-state index in [-0.39, 0.29) is 12.5 Å². The number of hydrogen-bond donors (Lipinski definition) is 1. The van der Waals surface area contributed by atoms with Gasteiger partial charge < -0.3 is 10.0 Å². The van der Waals surface area contributed by atoms with E-state index in [0.29, 0.717) is 24.7 Å². The molecule has 122 valence electrons. The Morgan fingerprint density at radius 3 is 2.52 bits per heavy atom. The zero-order valence-corrected chi connectivity index (χ0v) is 13.7. The van der Waals surface area contributed by atoms with Crippen molar-refractivity contribution in [2.75, 3.05) is 13.2 Å². The molecule has 1 aromatic carbocycles. The van der Waals surface area contributed by atoms with Crippen molar-refractivity contribution in [1.29, 1.82) is 0 Å². The van der Waals surface area contributed by atoms with Gasteiger partial charge >= 0.3 is 0 Å². The molecule has 23 heavy (non-hydrogen) atoms. The Kier molecular flexibility index (Phi) is 4.48. The molecule has 0 bridgehead atoms.